The number of carboxylic acids is 1. The average Bonchev–Trinajstić information content (AvgIpc) is 2.90. The van der Waals surface area contributed by atoms with Gasteiger partial charge in [-0.15, -0.1) is 0 Å². The van der Waals surface area contributed by atoms with Crippen molar-refractivity contribution in [2.45, 2.75) is 44.6 Å². The van der Waals surface area contributed by atoms with Crippen molar-refractivity contribution in [2.24, 2.45) is 11.8 Å². The van der Waals surface area contributed by atoms with Crippen molar-refractivity contribution in [2.75, 3.05) is 13.1 Å². The molecule has 0 spiro atoms. The predicted molar refractivity (Wildman–Crippen MR) is 63.3 cm³/mol. The normalized spacial score (nSPS) is 32.1. The molecule has 1 aliphatic heterocycles. The minimum atomic E-state index is -0.918. The van der Waals surface area contributed by atoms with E-state index in [0.717, 1.165) is 32.2 Å². The Morgan fingerprint density at radius 1 is 1.17 bits per heavy atom. The molecule has 102 valence electrons. The Kier molecular flexibility index (Phi) is 4.58. The summed E-state index contributed by atoms with van der Waals surface area (Å²) in [4.78, 5) is 22.5. The molecule has 0 unspecified atom stereocenters. The van der Waals surface area contributed by atoms with Crippen LogP contribution in [-0.4, -0.2) is 31.0 Å². The second kappa shape index (κ2) is 6.18. The zero-order valence-corrected chi connectivity index (χ0v) is 10.7. The van der Waals surface area contributed by atoms with E-state index in [0.29, 0.717) is 25.3 Å². The minimum absolute atomic E-state index is 0.101. The van der Waals surface area contributed by atoms with Gasteiger partial charge in [0.15, 0.2) is 6.04 Å². The lowest BCUT2D eigenvalue weighted by Crippen LogP contribution is -2.89. The quantitative estimate of drug-likeness (QED) is 0.632. The number of carbonyl (C=O) groups excluding carboxylic acids is 2. The first-order valence-corrected chi connectivity index (χ1v) is 6.98. The van der Waals surface area contributed by atoms with Crippen molar-refractivity contribution < 1.29 is 20.0 Å². The topological polar surface area (TPSA) is 85.8 Å². The van der Waals surface area contributed by atoms with Gasteiger partial charge in [0.05, 0.1) is 6.54 Å². The number of rotatable bonds is 4. The Balaban J connectivity index is 1.65. The molecule has 1 atom stereocenters. The van der Waals surface area contributed by atoms with Gasteiger partial charge in [-0.2, -0.15) is 0 Å². The summed E-state index contributed by atoms with van der Waals surface area (Å²) < 4.78 is 0. The van der Waals surface area contributed by atoms with Crippen LogP contribution in [-0.2, 0) is 9.59 Å². The molecule has 0 aromatic rings. The van der Waals surface area contributed by atoms with Crippen LogP contribution in [0.3, 0.4) is 0 Å². The lowest BCUT2D eigenvalue weighted by atomic mass is 9.82. The number of nitrogens with two attached hydrogens (primary N) is 1. The van der Waals surface area contributed by atoms with E-state index in [4.69, 9.17) is 0 Å². The van der Waals surface area contributed by atoms with Crippen LogP contribution in [0.5, 0.6) is 0 Å². The molecule has 3 N–H and O–H groups in total. The fourth-order valence-corrected chi connectivity index (χ4v) is 2.99. The standard InChI is InChI=1S/C13H22N2O3/c16-12(11-2-1-7-14-11)15-8-9-3-5-10(6-4-9)13(17)18/h9-11,14H,1-8H2,(H,15,16)(H,17,18)/t9?,10?,11-/m0/s1. The molecule has 1 amide bonds. The fourth-order valence-electron chi connectivity index (χ4n) is 2.99. The number of nitrogens with one attached hydrogen (secondary N) is 1. The van der Waals surface area contributed by atoms with Crippen molar-refractivity contribution in [3.05, 3.63) is 0 Å². The van der Waals surface area contributed by atoms with Crippen molar-refractivity contribution in [3.8, 4) is 0 Å². The molecule has 2 fully saturated rings. The zero-order valence-electron chi connectivity index (χ0n) is 10.7. The molecular weight excluding hydrogens is 232 g/mol. The maximum Gasteiger partial charge on any atom is 0.278 e. The lowest BCUT2D eigenvalue weighted by Gasteiger charge is -2.29. The van der Waals surface area contributed by atoms with Gasteiger partial charge in [0.2, 0.25) is 0 Å². The number of carbonyl (C=O) groups is 2. The number of aliphatic carboxylic acids is 1. The maximum absolute atomic E-state index is 11.8. The van der Waals surface area contributed by atoms with Crippen molar-refractivity contribution in [1.29, 1.82) is 0 Å². The third-order valence-electron chi connectivity index (χ3n) is 4.25. The van der Waals surface area contributed by atoms with Crippen LogP contribution < -0.4 is 15.7 Å². The SMILES string of the molecule is O=C([O-])C1CCC(CNC(=O)[C@@H]2CCC[NH2+]2)CC1. The summed E-state index contributed by atoms with van der Waals surface area (Å²) in [6.45, 7) is 1.75. The Bertz CT molecular complexity index is 305. The van der Waals surface area contributed by atoms with Crippen molar-refractivity contribution in [1.82, 2.24) is 5.32 Å². The summed E-state index contributed by atoms with van der Waals surface area (Å²) in [6, 6.07) is 0.101. The van der Waals surface area contributed by atoms with Crippen LogP contribution in [0.15, 0.2) is 0 Å². The Morgan fingerprint density at radius 2 is 1.89 bits per heavy atom. The summed E-state index contributed by atoms with van der Waals surface area (Å²) >= 11 is 0. The van der Waals surface area contributed by atoms with Crippen LogP contribution >= 0.6 is 0 Å². The number of hydrogen-bond acceptors (Lipinski definition) is 3. The van der Waals surface area contributed by atoms with Gasteiger partial charge >= 0.3 is 0 Å². The molecule has 5 nitrogen and oxygen atoms in total. The van der Waals surface area contributed by atoms with Gasteiger partial charge in [-0.3, -0.25) is 4.79 Å². The molecule has 1 aliphatic carbocycles. The molecule has 1 saturated carbocycles. The molecule has 0 radical (unpaired) electrons. The maximum atomic E-state index is 11.8. The Morgan fingerprint density at radius 3 is 2.44 bits per heavy atom. The van der Waals surface area contributed by atoms with E-state index in [1.165, 1.54) is 0 Å². The van der Waals surface area contributed by atoms with Crippen molar-refractivity contribution in [3.63, 3.8) is 0 Å². The van der Waals surface area contributed by atoms with Gasteiger partial charge in [0.25, 0.3) is 5.91 Å². The Hall–Kier alpha value is -1.10. The third-order valence-corrected chi connectivity index (χ3v) is 4.25. The first-order valence-electron chi connectivity index (χ1n) is 6.98. The highest BCUT2D eigenvalue weighted by Gasteiger charge is 2.27. The van der Waals surface area contributed by atoms with E-state index in [1.807, 2.05) is 0 Å². The van der Waals surface area contributed by atoms with E-state index < -0.39 is 5.97 Å². The molecule has 2 aliphatic rings. The van der Waals surface area contributed by atoms with Crippen LogP contribution in [0.1, 0.15) is 38.5 Å². The average molecular weight is 254 g/mol. The molecular formula is C13H22N2O3. The second-order valence-corrected chi connectivity index (χ2v) is 5.55. The number of hydrogen-bond donors (Lipinski definition) is 2. The molecule has 5 heteroatoms. The molecule has 0 aromatic carbocycles. The van der Waals surface area contributed by atoms with Crippen molar-refractivity contribution >= 4 is 11.9 Å². The fraction of sp³-hybridized carbons (Fsp3) is 0.846. The van der Waals surface area contributed by atoms with E-state index in [-0.39, 0.29) is 17.9 Å². The summed E-state index contributed by atoms with van der Waals surface area (Å²) in [5, 5.41) is 15.8. The summed E-state index contributed by atoms with van der Waals surface area (Å²) in [5.74, 6) is -0.612. The zero-order chi connectivity index (χ0) is 13.0. The molecule has 18 heavy (non-hydrogen) atoms. The van der Waals surface area contributed by atoms with Crippen LogP contribution in [0.2, 0.25) is 0 Å². The van der Waals surface area contributed by atoms with Gasteiger partial charge in [-0.1, -0.05) is 0 Å². The smallest absolute Gasteiger partial charge is 0.278 e. The second-order valence-electron chi connectivity index (χ2n) is 5.55. The van der Waals surface area contributed by atoms with E-state index in [2.05, 4.69) is 10.6 Å². The van der Waals surface area contributed by atoms with E-state index >= 15 is 0 Å². The van der Waals surface area contributed by atoms with Gasteiger partial charge in [0, 0.05) is 25.4 Å². The molecule has 1 saturated heterocycles. The first-order chi connectivity index (χ1) is 8.66. The lowest BCUT2D eigenvalue weighted by molar-refractivity contribution is -0.657. The van der Waals surface area contributed by atoms with E-state index in [1.54, 1.807) is 0 Å². The summed E-state index contributed by atoms with van der Waals surface area (Å²) in [7, 11) is 0. The van der Waals surface area contributed by atoms with Gasteiger partial charge < -0.3 is 20.5 Å². The monoisotopic (exact) mass is 254 g/mol. The number of quaternary nitrogens is 1. The number of carboxylic acid groups (broad SMARTS) is 1. The Labute approximate surface area is 107 Å². The highest BCUT2D eigenvalue weighted by atomic mass is 16.4. The summed E-state index contributed by atoms with van der Waals surface area (Å²) in [5.41, 5.74) is 0. The third kappa shape index (κ3) is 3.45. The predicted octanol–water partition coefficient (Wildman–Crippen LogP) is -1.62. The van der Waals surface area contributed by atoms with Crippen LogP contribution in [0.4, 0.5) is 0 Å². The van der Waals surface area contributed by atoms with Crippen LogP contribution in [0, 0.1) is 11.8 Å². The minimum Gasteiger partial charge on any atom is -0.550 e. The van der Waals surface area contributed by atoms with Gasteiger partial charge in [0.1, 0.15) is 0 Å². The highest BCUT2D eigenvalue weighted by molar-refractivity contribution is 5.80. The van der Waals surface area contributed by atoms with Gasteiger partial charge in [-0.05, 0) is 37.5 Å². The molecule has 0 aromatic heterocycles. The molecule has 2 rings (SSSR count). The number of amides is 1. The van der Waals surface area contributed by atoms with Crippen LogP contribution in [0.25, 0.3) is 0 Å². The highest BCUT2D eigenvalue weighted by Crippen LogP contribution is 2.27. The molecule has 0 bridgehead atoms. The first kappa shape index (κ1) is 13.3. The van der Waals surface area contributed by atoms with E-state index in [9.17, 15) is 14.7 Å². The summed E-state index contributed by atoms with van der Waals surface area (Å²) in [6.07, 6.45) is 5.25. The largest absolute Gasteiger partial charge is 0.550 e. The molecule has 1 heterocycles. The van der Waals surface area contributed by atoms with Gasteiger partial charge in [-0.25, -0.2) is 0 Å².